The molecule has 1 rings (SSSR count). The fraction of sp³-hybridized carbons (Fsp3) is 0.750. The van der Waals surface area contributed by atoms with Crippen molar-refractivity contribution < 1.29 is 22.3 Å². The highest BCUT2D eigenvalue weighted by Gasteiger charge is 2.41. The minimum absolute atomic E-state index is 0.191. The largest absolute Gasteiger partial charge is 0.367 e. The number of alkyl halides is 4. The zero-order chi connectivity index (χ0) is 12.9. The van der Waals surface area contributed by atoms with Gasteiger partial charge in [-0.3, -0.25) is 0 Å². The number of nitrogens with zero attached hydrogens (tertiary/aromatic N) is 2. The number of rotatable bonds is 7. The van der Waals surface area contributed by atoms with Crippen LogP contribution in [-0.2, 0) is 11.3 Å². The van der Waals surface area contributed by atoms with Crippen molar-refractivity contribution in [3.8, 4) is 0 Å². The maximum absolute atomic E-state index is 12.4. The topological polar surface area (TPSA) is 47.0 Å². The van der Waals surface area contributed by atoms with Crippen LogP contribution < -0.4 is 5.32 Å². The Kier molecular flexibility index (Phi) is 5.06. The van der Waals surface area contributed by atoms with Crippen LogP contribution in [0.15, 0.2) is 0 Å². The number of halogens is 4. The summed E-state index contributed by atoms with van der Waals surface area (Å²) in [5, 5.41) is 3.41. The van der Waals surface area contributed by atoms with Crippen molar-refractivity contribution in [1.82, 2.24) is 9.36 Å². The first kappa shape index (κ1) is 14.1. The van der Waals surface area contributed by atoms with Crippen molar-refractivity contribution in [3.05, 3.63) is 5.82 Å². The average molecular weight is 273 g/mol. The highest BCUT2D eigenvalue weighted by molar-refractivity contribution is 7.09. The first-order valence-electron chi connectivity index (χ1n) is 4.76. The van der Waals surface area contributed by atoms with Gasteiger partial charge in [0, 0.05) is 18.1 Å². The third-order valence-electron chi connectivity index (χ3n) is 1.64. The molecule has 1 aromatic rings. The summed E-state index contributed by atoms with van der Waals surface area (Å²) in [5.74, 6) is -3.95. The second kappa shape index (κ2) is 6.10. The highest BCUT2D eigenvalue weighted by atomic mass is 32.1. The number of ether oxygens (including phenoxy) is 1. The Morgan fingerprint density at radius 1 is 1.47 bits per heavy atom. The molecule has 0 aliphatic rings. The summed E-state index contributed by atoms with van der Waals surface area (Å²) in [6, 6.07) is 0. The Labute approximate surface area is 99.2 Å². The number of hydrogen-bond donors (Lipinski definition) is 1. The third-order valence-corrected chi connectivity index (χ3v) is 2.35. The molecule has 9 heteroatoms. The van der Waals surface area contributed by atoms with Crippen molar-refractivity contribution >= 4 is 16.7 Å². The van der Waals surface area contributed by atoms with E-state index in [0.29, 0.717) is 11.7 Å². The van der Waals surface area contributed by atoms with E-state index in [4.69, 9.17) is 0 Å². The number of anilines is 1. The van der Waals surface area contributed by atoms with Crippen LogP contribution >= 0.6 is 11.5 Å². The summed E-state index contributed by atoms with van der Waals surface area (Å²) in [7, 11) is 0. The molecule has 0 spiro atoms. The van der Waals surface area contributed by atoms with Crippen LogP contribution in [0.4, 0.5) is 22.7 Å². The van der Waals surface area contributed by atoms with Crippen LogP contribution in [0.3, 0.4) is 0 Å². The van der Waals surface area contributed by atoms with Gasteiger partial charge in [-0.1, -0.05) is 0 Å². The molecule has 17 heavy (non-hydrogen) atoms. The number of nitrogens with one attached hydrogen (secondary N) is 1. The Morgan fingerprint density at radius 2 is 2.18 bits per heavy atom. The maximum Gasteiger partial charge on any atom is 0.330 e. The Morgan fingerprint density at radius 3 is 2.76 bits per heavy atom. The predicted octanol–water partition coefficient (Wildman–Crippen LogP) is 2.39. The fourth-order valence-electron chi connectivity index (χ4n) is 0.877. The van der Waals surface area contributed by atoms with Gasteiger partial charge in [-0.05, 0) is 6.92 Å². The smallest absolute Gasteiger partial charge is 0.330 e. The lowest BCUT2D eigenvalue weighted by Crippen LogP contribution is -2.32. The molecule has 0 unspecified atom stereocenters. The van der Waals surface area contributed by atoms with Gasteiger partial charge in [0.25, 0.3) is 0 Å². The molecular weight excluding hydrogens is 262 g/mol. The van der Waals surface area contributed by atoms with E-state index in [9.17, 15) is 17.6 Å². The molecule has 0 aromatic carbocycles. The van der Waals surface area contributed by atoms with Gasteiger partial charge in [0.15, 0.2) is 5.82 Å². The minimum Gasteiger partial charge on any atom is -0.367 e. The van der Waals surface area contributed by atoms with Crippen LogP contribution in [0.25, 0.3) is 0 Å². The summed E-state index contributed by atoms with van der Waals surface area (Å²) in [6.07, 6.45) is -3.73. The second-order valence-electron chi connectivity index (χ2n) is 3.10. The van der Waals surface area contributed by atoms with Crippen molar-refractivity contribution in [2.75, 3.05) is 18.5 Å². The average Bonchev–Trinajstić information content (AvgIpc) is 2.66. The summed E-state index contributed by atoms with van der Waals surface area (Å²) in [5.41, 5.74) is 0. The van der Waals surface area contributed by atoms with E-state index in [2.05, 4.69) is 19.4 Å². The second-order valence-corrected chi connectivity index (χ2v) is 3.85. The highest BCUT2D eigenvalue weighted by Crippen LogP contribution is 2.23. The fourth-order valence-corrected chi connectivity index (χ4v) is 1.52. The lowest BCUT2D eigenvalue weighted by atomic mass is 10.4. The number of hydrogen-bond acceptors (Lipinski definition) is 5. The van der Waals surface area contributed by atoms with Gasteiger partial charge in [-0.15, -0.1) is 0 Å². The van der Waals surface area contributed by atoms with E-state index >= 15 is 0 Å². The Balaban J connectivity index is 2.35. The third kappa shape index (κ3) is 4.43. The van der Waals surface area contributed by atoms with Gasteiger partial charge in [0.2, 0.25) is 5.13 Å². The molecule has 4 nitrogen and oxygen atoms in total. The molecule has 1 N–H and O–H groups in total. The first-order chi connectivity index (χ1) is 7.95. The molecule has 98 valence electrons. The van der Waals surface area contributed by atoms with E-state index in [1.807, 2.05) is 6.92 Å². The zero-order valence-electron chi connectivity index (χ0n) is 8.92. The summed E-state index contributed by atoms with van der Waals surface area (Å²) in [6.45, 7) is 0.852. The van der Waals surface area contributed by atoms with Crippen LogP contribution in [-0.4, -0.2) is 34.9 Å². The molecule has 0 radical (unpaired) electrons. The monoisotopic (exact) mass is 273 g/mol. The standard InChI is InChI=1S/C8H11F4N3OS/c1-2-13-7-14-5(15-17-7)3-16-4-8(11,12)6(9)10/h6H,2-4H2,1H3,(H,13,14,15). The SMILES string of the molecule is CCNc1nc(COCC(F)(F)C(F)F)ns1. The minimum atomic E-state index is -4.14. The Hall–Kier alpha value is -0.960. The van der Waals surface area contributed by atoms with Crippen LogP contribution in [0, 0.1) is 0 Å². The first-order valence-corrected chi connectivity index (χ1v) is 5.53. The van der Waals surface area contributed by atoms with Gasteiger partial charge in [-0.25, -0.2) is 13.8 Å². The van der Waals surface area contributed by atoms with Crippen molar-refractivity contribution in [1.29, 1.82) is 0 Å². The lowest BCUT2D eigenvalue weighted by Gasteiger charge is -2.14. The van der Waals surface area contributed by atoms with Gasteiger partial charge in [0.05, 0.1) is 0 Å². The van der Waals surface area contributed by atoms with Gasteiger partial charge < -0.3 is 10.1 Å². The molecule has 1 heterocycles. The Bertz CT molecular complexity index is 347. The van der Waals surface area contributed by atoms with Crippen LogP contribution in [0.1, 0.15) is 12.7 Å². The van der Waals surface area contributed by atoms with Gasteiger partial charge in [-0.2, -0.15) is 13.2 Å². The zero-order valence-corrected chi connectivity index (χ0v) is 9.74. The molecule has 0 amide bonds. The molecule has 0 atom stereocenters. The molecule has 0 aliphatic carbocycles. The van der Waals surface area contributed by atoms with E-state index < -0.39 is 19.0 Å². The molecule has 0 bridgehead atoms. The van der Waals surface area contributed by atoms with Crippen molar-refractivity contribution in [2.45, 2.75) is 25.9 Å². The molecule has 0 fully saturated rings. The quantitative estimate of drug-likeness (QED) is 0.775. The van der Waals surface area contributed by atoms with E-state index in [1.54, 1.807) is 0 Å². The summed E-state index contributed by atoms with van der Waals surface area (Å²) < 4.78 is 56.7. The summed E-state index contributed by atoms with van der Waals surface area (Å²) in [4.78, 5) is 3.90. The maximum atomic E-state index is 12.4. The molecule has 0 saturated heterocycles. The van der Waals surface area contributed by atoms with E-state index in [-0.39, 0.29) is 12.4 Å². The van der Waals surface area contributed by atoms with E-state index in [1.165, 1.54) is 0 Å². The molecular formula is C8H11F4N3OS. The summed E-state index contributed by atoms with van der Waals surface area (Å²) >= 11 is 1.05. The normalized spacial score (nSPS) is 12.1. The predicted molar refractivity (Wildman–Crippen MR) is 54.7 cm³/mol. The molecule has 1 aromatic heterocycles. The van der Waals surface area contributed by atoms with Gasteiger partial charge in [0.1, 0.15) is 13.2 Å². The van der Waals surface area contributed by atoms with Crippen LogP contribution in [0.2, 0.25) is 0 Å². The van der Waals surface area contributed by atoms with Crippen molar-refractivity contribution in [3.63, 3.8) is 0 Å². The van der Waals surface area contributed by atoms with Gasteiger partial charge >= 0.3 is 12.3 Å². The van der Waals surface area contributed by atoms with E-state index in [0.717, 1.165) is 11.5 Å². The molecule has 0 aliphatic heterocycles. The van der Waals surface area contributed by atoms with Crippen molar-refractivity contribution in [2.24, 2.45) is 0 Å². The molecule has 0 saturated carbocycles. The number of aromatic nitrogens is 2. The van der Waals surface area contributed by atoms with Crippen LogP contribution in [0.5, 0.6) is 0 Å². The lowest BCUT2D eigenvalue weighted by molar-refractivity contribution is -0.168.